The highest BCUT2D eigenvalue weighted by Crippen LogP contribution is 2.13. The van der Waals surface area contributed by atoms with Crippen molar-refractivity contribution in [2.24, 2.45) is 0 Å². The number of esters is 1. The highest BCUT2D eigenvalue weighted by Gasteiger charge is 2.13. The summed E-state index contributed by atoms with van der Waals surface area (Å²) in [5, 5.41) is 0. The first-order valence-electron chi connectivity index (χ1n) is 8.48. The standard InChI is InChI=1S/C18H30O3/c1-3-4-5-6-7-8-9-10-11-13-16(2)21-18(19)17-14-12-15-20-17/h12,14-16H,3-11,13H2,1-2H3. The van der Waals surface area contributed by atoms with Gasteiger partial charge in [-0.2, -0.15) is 0 Å². The number of carbonyl (C=O) groups is 1. The highest BCUT2D eigenvalue weighted by atomic mass is 16.6. The van der Waals surface area contributed by atoms with Crippen LogP contribution in [0.25, 0.3) is 0 Å². The van der Waals surface area contributed by atoms with Crippen LogP contribution in [0.4, 0.5) is 0 Å². The van der Waals surface area contributed by atoms with E-state index >= 15 is 0 Å². The Bertz CT molecular complexity index is 357. The molecule has 0 aliphatic rings. The van der Waals surface area contributed by atoms with Gasteiger partial charge in [0.2, 0.25) is 5.76 Å². The fourth-order valence-corrected chi connectivity index (χ4v) is 2.44. The average Bonchev–Trinajstić information content (AvgIpc) is 3.00. The van der Waals surface area contributed by atoms with E-state index < -0.39 is 0 Å². The second-order valence-electron chi connectivity index (χ2n) is 5.81. The molecule has 0 spiro atoms. The summed E-state index contributed by atoms with van der Waals surface area (Å²) in [7, 11) is 0. The SMILES string of the molecule is CCCCCCCCCCCC(C)OC(=O)c1ccco1. The highest BCUT2D eigenvalue weighted by molar-refractivity contribution is 5.86. The van der Waals surface area contributed by atoms with Gasteiger partial charge in [-0.25, -0.2) is 4.79 Å². The summed E-state index contributed by atoms with van der Waals surface area (Å²) in [5.74, 6) is -0.0719. The molecule has 3 nitrogen and oxygen atoms in total. The minimum absolute atomic E-state index is 0.0350. The number of hydrogen-bond acceptors (Lipinski definition) is 3. The Hall–Kier alpha value is -1.25. The van der Waals surface area contributed by atoms with Gasteiger partial charge in [0.25, 0.3) is 0 Å². The topological polar surface area (TPSA) is 39.4 Å². The predicted octanol–water partition coefficient (Wildman–Crippen LogP) is 5.75. The quantitative estimate of drug-likeness (QED) is 0.364. The van der Waals surface area contributed by atoms with E-state index in [1.807, 2.05) is 6.92 Å². The van der Waals surface area contributed by atoms with Crippen molar-refractivity contribution in [1.29, 1.82) is 0 Å². The molecule has 0 aromatic carbocycles. The van der Waals surface area contributed by atoms with Gasteiger partial charge in [-0.05, 0) is 31.9 Å². The Morgan fingerprint density at radius 2 is 1.71 bits per heavy atom. The minimum atomic E-state index is -0.358. The van der Waals surface area contributed by atoms with E-state index in [2.05, 4.69) is 6.92 Å². The summed E-state index contributed by atoms with van der Waals surface area (Å²) in [6.45, 7) is 4.20. The van der Waals surface area contributed by atoms with Crippen LogP contribution in [0.5, 0.6) is 0 Å². The average molecular weight is 294 g/mol. The molecule has 0 bridgehead atoms. The fraction of sp³-hybridized carbons (Fsp3) is 0.722. The van der Waals surface area contributed by atoms with Crippen LogP contribution in [-0.2, 0) is 4.74 Å². The van der Waals surface area contributed by atoms with Crippen LogP contribution in [0.15, 0.2) is 22.8 Å². The molecule has 0 amide bonds. The molecule has 120 valence electrons. The van der Waals surface area contributed by atoms with Gasteiger partial charge in [0.05, 0.1) is 12.4 Å². The summed E-state index contributed by atoms with van der Waals surface area (Å²) in [4.78, 5) is 11.7. The second kappa shape index (κ2) is 11.4. The number of ether oxygens (including phenoxy) is 1. The molecule has 0 saturated heterocycles. The van der Waals surface area contributed by atoms with Crippen molar-refractivity contribution in [3.8, 4) is 0 Å². The Labute approximate surface area is 129 Å². The van der Waals surface area contributed by atoms with E-state index in [1.165, 1.54) is 57.6 Å². The van der Waals surface area contributed by atoms with Crippen molar-refractivity contribution in [2.75, 3.05) is 0 Å². The van der Waals surface area contributed by atoms with Crippen LogP contribution < -0.4 is 0 Å². The third-order valence-electron chi connectivity index (χ3n) is 3.74. The minimum Gasteiger partial charge on any atom is -0.457 e. The molecule has 1 heterocycles. The number of carbonyl (C=O) groups excluding carboxylic acids is 1. The Balaban J connectivity index is 1.94. The molecule has 3 heteroatoms. The van der Waals surface area contributed by atoms with Crippen molar-refractivity contribution in [3.63, 3.8) is 0 Å². The van der Waals surface area contributed by atoms with Crippen molar-refractivity contribution >= 4 is 5.97 Å². The fourth-order valence-electron chi connectivity index (χ4n) is 2.44. The maximum atomic E-state index is 11.7. The second-order valence-corrected chi connectivity index (χ2v) is 5.81. The molecule has 0 fully saturated rings. The number of hydrogen-bond donors (Lipinski definition) is 0. The van der Waals surface area contributed by atoms with Crippen molar-refractivity contribution in [1.82, 2.24) is 0 Å². The molecule has 0 aliphatic heterocycles. The van der Waals surface area contributed by atoms with Crippen LogP contribution in [0.2, 0.25) is 0 Å². The van der Waals surface area contributed by atoms with E-state index in [9.17, 15) is 4.79 Å². The molecule has 1 rings (SSSR count). The Kier molecular flexibility index (Phi) is 9.68. The van der Waals surface area contributed by atoms with Gasteiger partial charge in [-0.15, -0.1) is 0 Å². The zero-order valence-corrected chi connectivity index (χ0v) is 13.6. The summed E-state index contributed by atoms with van der Waals surface area (Å²) < 4.78 is 10.4. The molecule has 21 heavy (non-hydrogen) atoms. The maximum Gasteiger partial charge on any atom is 0.374 e. The summed E-state index contributed by atoms with van der Waals surface area (Å²) >= 11 is 0. The molecular formula is C18H30O3. The molecular weight excluding hydrogens is 264 g/mol. The molecule has 1 atom stereocenters. The van der Waals surface area contributed by atoms with E-state index in [1.54, 1.807) is 12.1 Å². The monoisotopic (exact) mass is 294 g/mol. The largest absolute Gasteiger partial charge is 0.457 e. The summed E-state index contributed by atoms with van der Waals surface area (Å²) in [5.41, 5.74) is 0. The van der Waals surface area contributed by atoms with Crippen molar-refractivity contribution in [3.05, 3.63) is 24.2 Å². The van der Waals surface area contributed by atoms with Crippen LogP contribution >= 0.6 is 0 Å². The van der Waals surface area contributed by atoms with Gasteiger partial charge in [-0.3, -0.25) is 0 Å². The maximum absolute atomic E-state index is 11.7. The molecule has 0 aliphatic carbocycles. The van der Waals surface area contributed by atoms with E-state index in [0.717, 1.165) is 12.8 Å². The zero-order chi connectivity index (χ0) is 15.3. The number of rotatable bonds is 12. The molecule has 0 N–H and O–H groups in total. The predicted molar refractivity (Wildman–Crippen MR) is 85.4 cm³/mol. The third kappa shape index (κ3) is 8.59. The number of unbranched alkanes of at least 4 members (excludes halogenated alkanes) is 8. The lowest BCUT2D eigenvalue weighted by molar-refractivity contribution is 0.0283. The third-order valence-corrected chi connectivity index (χ3v) is 3.74. The normalized spacial score (nSPS) is 12.3. The molecule has 1 aromatic rings. The van der Waals surface area contributed by atoms with Crippen LogP contribution in [0.1, 0.15) is 88.6 Å². The van der Waals surface area contributed by atoms with Gasteiger partial charge in [0.1, 0.15) is 0 Å². The van der Waals surface area contributed by atoms with Gasteiger partial charge in [0.15, 0.2) is 0 Å². The molecule has 0 radical (unpaired) electrons. The molecule has 1 aromatic heterocycles. The van der Waals surface area contributed by atoms with Crippen molar-refractivity contribution < 1.29 is 13.9 Å². The summed E-state index contributed by atoms with van der Waals surface area (Å²) in [6.07, 6.45) is 14.2. The first-order valence-corrected chi connectivity index (χ1v) is 8.48. The van der Waals surface area contributed by atoms with Crippen LogP contribution in [0, 0.1) is 0 Å². The lowest BCUT2D eigenvalue weighted by Gasteiger charge is -2.11. The van der Waals surface area contributed by atoms with Gasteiger partial charge >= 0.3 is 5.97 Å². The Morgan fingerprint density at radius 3 is 2.29 bits per heavy atom. The Morgan fingerprint density at radius 1 is 1.10 bits per heavy atom. The first-order chi connectivity index (χ1) is 10.2. The molecule has 1 unspecified atom stereocenters. The first kappa shape index (κ1) is 17.8. The van der Waals surface area contributed by atoms with Gasteiger partial charge < -0.3 is 9.15 Å². The van der Waals surface area contributed by atoms with Crippen molar-refractivity contribution in [2.45, 2.75) is 84.2 Å². The van der Waals surface area contributed by atoms with E-state index in [0.29, 0.717) is 0 Å². The van der Waals surface area contributed by atoms with Gasteiger partial charge in [0, 0.05) is 0 Å². The zero-order valence-electron chi connectivity index (χ0n) is 13.6. The van der Waals surface area contributed by atoms with Crippen LogP contribution in [-0.4, -0.2) is 12.1 Å². The van der Waals surface area contributed by atoms with E-state index in [-0.39, 0.29) is 17.8 Å². The van der Waals surface area contributed by atoms with Gasteiger partial charge in [-0.1, -0.05) is 58.3 Å². The molecule has 0 saturated carbocycles. The summed E-state index contributed by atoms with van der Waals surface area (Å²) in [6, 6.07) is 3.33. The van der Waals surface area contributed by atoms with E-state index in [4.69, 9.17) is 9.15 Å². The smallest absolute Gasteiger partial charge is 0.374 e. The lowest BCUT2D eigenvalue weighted by atomic mass is 10.1. The lowest BCUT2D eigenvalue weighted by Crippen LogP contribution is -2.14. The number of furan rings is 1. The van der Waals surface area contributed by atoms with Crippen LogP contribution in [0.3, 0.4) is 0 Å².